The Balaban J connectivity index is 1.89. The molecule has 0 aromatic carbocycles. The zero-order valence-electron chi connectivity index (χ0n) is 10.5. The number of nitrogens with one attached hydrogen (secondary N) is 1. The number of nitrogens with zero attached hydrogens (tertiary/aromatic N) is 2. The maximum atomic E-state index is 13.1. The van der Waals surface area contributed by atoms with Gasteiger partial charge in [-0.15, -0.1) is 0 Å². The molecule has 1 aliphatic rings. The van der Waals surface area contributed by atoms with Gasteiger partial charge in [-0.3, -0.25) is 4.98 Å². The largest absolute Gasteiger partial charge is 0.370 e. The monoisotopic (exact) mass is 237 g/mol. The van der Waals surface area contributed by atoms with Gasteiger partial charge in [-0.2, -0.15) is 0 Å². The quantitative estimate of drug-likeness (QED) is 0.868. The first-order valence-electron chi connectivity index (χ1n) is 6.24. The molecule has 0 amide bonds. The third kappa shape index (κ3) is 3.40. The van der Waals surface area contributed by atoms with Crippen LogP contribution in [0.1, 0.15) is 20.3 Å². The Morgan fingerprint density at radius 1 is 1.53 bits per heavy atom. The molecule has 1 N–H and O–H groups in total. The molecule has 3 nitrogen and oxygen atoms in total. The molecule has 17 heavy (non-hydrogen) atoms. The molecule has 2 heterocycles. The summed E-state index contributed by atoms with van der Waals surface area (Å²) in [7, 11) is 0. The third-order valence-corrected chi connectivity index (χ3v) is 3.16. The lowest BCUT2D eigenvalue weighted by molar-refractivity contribution is 0.480. The zero-order valence-corrected chi connectivity index (χ0v) is 10.5. The summed E-state index contributed by atoms with van der Waals surface area (Å²) in [6.07, 6.45) is 4.15. The van der Waals surface area contributed by atoms with Crippen molar-refractivity contribution >= 4 is 5.69 Å². The number of hydrogen-bond acceptors (Lipinski definition) is 3. The summed E-state index contributed by atoms with van der Waals surface area (Å²) in [4.78, 5) is 6.11. The fourth-order valence-electron chi connectivity index (χ4n) is 2.21. The van der Waals surface area contributed by atoms with Gasteiger partial charge in [0.05, 0.1) is 18.1 Å². The van der Waals surface area contributed by atoms with Crippen LogP contribution in [0.5, 0.6) is 0 Å². The topological polar surface area (TPSA) is 28.2 Å². The minimum Gasteiger partial charge on any atom is -0.370 e. The normalized spacial score (nSPS) is 20.2. The van der Waals surface area contributed by atoms with E-state index in [-0.39, 0.29) is 5.82 Å². The van der Waals surface area contributed by atoms with Crippen molar-refractivity contribution in [1.82, 2.24) is 10.3 Å². The van der Waals surface area contributed by atoms with Gasteiger partial charge in [0.15, 0.2) is 0 Å². The Kier molecular flexibility index (Phi) is 3.94. The van der Waals surface area contributed by atoms with Crippen molar-refractivity contribution in [3.05, 3.63) is 24.3 Å². The average Bonchev–Trinajstić information content (AvgIpc) is 2.75. The molecule has 0 radical (unpaired) electrons. The molecular formula is C13H20FN3. The van der Waals surface area contributed by atoms with E-state index in [2.05, 4.69) is 29.0 Å². The van der Waals surface area contributed by atoms with E-state index in [1.807, 2.05) is 0 Å². The van der Waals surface area contributed by atoms with Crippen LogP contribution in [0.15, 0.2) is 18.5 Å². The van der Waals surface area contributed by atoms with E-state index in [1.54, 1.807) is 12.3 Å². The molecule has 1 aliphatic heterocycles. The lowest BCUT2D eigenvalue weighted by Gasteiger charge is -2.19. The summed E-state index contributed by atoms with van der Waals surface area (Å²) in [5, 5.41) is 3.45. The fraction of sp³-hybridized carbons (Fsp3) is 0.615. The Bertz CT molecular complexity index is 367. The van der Waals surface area contributed by atoms with Crippen LogP contribution in [0, 0.1) is 11.7 Å². The van der Waals surface area contributed by atoms with Gasteiger partial charge in [-0.05, 0) is 18.9 Å². The highest BCUT2D eigenvalue weighted by molar-refractivity contribution is 5.45. The van der Waals surface area contributed by atoms with E-state index in [0.717, 1.165) is 31.7 Å². The first-order valence-corrected chi connectivity index (χ1v) is 6.24. The maximum absolute atomic E-state index is 13.1. The molecule has 1 unspecified atom stereocenters. The maximum Gasteiger partial charge on any atom is 0.143 e. The van der Waals surface area contributed by atoms with Gasteiger partial charge in [-0.25, -0.2) is 4.39 Å². The smallest absolute Gasteiger partial charge is 0.143 e. The number of pyridine rings is 1. The van der Waals surface area contributed by atoms with Crippen LogP contribution in [0.25, 0.3) is 0 Å². The fourth-order valence-corrected chi connectivity index (χ4v) is 2.21. The molecule has 0 bridgehead atoms. The number of rotatable bonds is 4. The summed E-state index contributed by atoms with van der Waals surface area (Å²) in [5.41, 5.74) is 0.900. The predicted octanol–water partition coefficient (Wildman–Crippen LogP) is 2.04. The van der Waals surface area contributed by atoms with Crippen LogP contribution < -0.4 is 10.2 Å². The van der Waals surface area contributed by atoms with E-state index in [4.69, 9.17) is 0 Å². The second-order valence-corrected chi connectivity index (χ2v) is 5.03. The van der Waals surface area contributed by atoms with Gasteiger partial charge in [0, 0.05) is 25.2 Å². The lowest BCUT2D eigenvalue weighted by atomic mass is 10.1. The summed E-state index contributed by atoms with van der Waals surface area (Å²) < 4.78 is 13.1. The SMILES string of the molecule is CC(C)NCC1CCN(c2cncc(F)c2)C1. The van der Waals surface area contributed by atoms with Crippen molar-refractivity contribution in [1.29, 1.82) is 0 Å². The molecule has 1 fully saturated rings. The highest BCUT2D eigenvalue weighted by Crippen LogP contribution is 2.23. The van der Waals surface area contributed by atoms with Crippen molar-refractivity contribution in [2.45, 2.75) is 26.3 Å². The summed E-state index contributed by atoms with van der Waals surface area (Å²) in [6, 6.07) is 2.09. The van der Waals surface area contributed by atoms with Gasteiger partial charge in [0.1, 0.15) is 5.82 Å². The number of aromatic nitrogens is 1. The molecule has 1 atom stereocenters. The van der Waals surface area contributed by atoms with E-state index in [1.165, 1.54) is 6.20 Å². The predicted molar refractivity (Wildman–Crippen MR) is 67.7 cm³/mol. The second-order valence-electron chi connectivity index (χ2n) is 5.03. The Morgan fingerprint density at radius 2 is 2.35 bits per heavy atom. The van der Waals surface area contributed by atoms with Crippen LogP contribution in [0.4, 0.5) is 10.1 Å². The van der Waals surface area contributed by atoms with Gasteiger partial charge < -0.3 is 10.2 Å². The summed E-state index contributed by atoms with van der Waals surface area (Å²) >= 11 is 0. The van der Waals surface area contributed by atoms with Gasteiger partial charge >= 0.3 is 0 Å². The molecule has 4 heteroatoms. The molecule has 0 spiro atoms. The molecular weight excluding hydrogens is 217 g/mol. The van der Waals surface area contributed by atoms with Crippen molar-refractivity contribution in [2.24, 2.45) is 5.92 Å². The van der Waals surface area contributed by atoms with E-state index in [9.17, 15) is 4.39 Å². The second kappa shape index (κ2) is 5.45. The van der Waals surface area contributed by atoms with Crippen LogP contribution >= 0.6 is 0 Å². The van der Waals surface area contributed by atoms with Gasteiger partial charge in [0.25, 0.3) is 0 Å². The molecule has 94 valence electrons. The first-order chi connectivity index (χ1) is 8.15. The average molecular weight is 237 g/mol. The minimum absolute atomic E-state index is 0.258. The zero-order chi connectivity index (χ0) is 12.3. The van der Waals surface area contributed by atoms with Crippen LogP contribution in [-0.4, -0.2) is 30.7 Å². The van der Waals surface area contributed by atoms with Crippen molar-refractivity contribution in [3.63, 3.8) is 0 Å². The van der Waals surface area contributed by atoms with Crippen LogP contribution in [0.2, 0.25) is 0 Å². The van der Waals surface area contributed by atoms with Crippen molar-refractivity contribution in [3.8, 4) is 0 Å². The highest BCUT2D eigenvalue weighted by Gasteiger charge is 2.22. The number of halogens is 1. The summed E-state index contributed by atoms with van der Waals surface area (Å²) in [5.74, 6) is 0.395. The van der Waals surface area contributed by atoms with Crippen molar-refractivity contribution in [2.75, 3.05) is 24.5 Å². The third-order valence-electron chi connectivity index (χ3n) is 3.16. The molecule has 1 aromatic rings. The van der Waals surface area contributed by atoms with Crippen LogP contribution in [0.3, 0.4) is 0 Å². The molecule has 1 aromatic heterocycles. The number of anilines is 1. The van der Waals surface area contributed by atoms with Crippen LogP contribution in [-0.2, 0) is 0 Å². The number of hydrogen-bond donors (Lipinski definition) is 1. The molecule has 0 saturated carbocycles. The van der Waals surface area contributed by atoms with Gasteiger partial charge in [0.2, 0.25) is 0 Å². The van der Waals surface area contributed by atoms with Crippen molar-refractivity contribution < 1.29 is 4.39 Å². The lowest BCUT2D eigenvalue weighted by Crippen LogP contribution is -2.30. The standard InChI is InChI=1S/C13H20FN3/c1-10(2)16-6-11-3-4-17(9-11)13-5-12(14)7-15-8-13/h5,7-8,10-11,16H,3-4,6,9H2,1-2H3. The van der Waals surface area contributed by atoms with E-state index in [0.29, 0.717) is 12.0 Å². The van der Waals surface area contributed by atoms with Gasteiger partial charge in [-0.1, -0.05) is 13.8 Å². The Morgan fingerprint density at radius 3 is 3.06 bits per heavy atom. The van der Waals surface area contributed by atoms with E-state index < -0.39 is 0 Å². The minimum atomic E-state index is -0.258. The molecule has 0 aliphatic carbocycles. The first kappa shape index (κ1) is 12.3. The Labute approximate surface area is 102 Å². The Hall–Kier alpha value is -1.16. The molecule has 2 rings (SSSR count). The summed E-state index contributed by atoms with van der Waals surface area (Å²) in [6.45, 7) is 7.34. The van der Waals surface area contributed by atoms with E-state index >= 15 is 0 Å². The highest BCUT2D eigenvalue weighted by atomic mass is 19.1. The molecule has 1 saturated heterocycles.